The van der Waals surface area contributed by atoms with Gasteiger partial charge in [-0.25, -0.2) is 0 Å². The summed E-state index contributed by atoms with van der Waals surface area (Å²) in [5, 5.41) is 17.6. The highest BCUT2D eigenvalue weighted by atomic mass is 16.5. The van der Waals surface area contributed by atoms with Crippen molar-refractivity contribution in [1.82, 2.24) is 34.7 Å². The van der Waals surface area contributed by atoms with Gasteiger partial charge in [0, 0.05) is 25.7 Å². The molecule has 1 aromatic carbocycles. The fourth-order valence-corrected chi connectivity index (χ4v) is 4.18. The van der Waals surface area contributed by atoms with E-state index in [1.54, 1.807) is 0 Å². The molecule has 1 saturated heterocycles. The fraction of sp³-hybridized carbons (Fsp3) is 0.526. The normalized spacial score (nSPS) is 20.5. The molecule has 0 bridgehead atoms. The summed E-state index contributed by atoms with van der Waals surface area (Å²) < 4.78 is 7.69. The van der Waals surface area contributed by atoms with E-state index in [4.69, 9.17) is 4.74 Å². The summed E-state index contributed by atoms with van der Waals surface area (Å²) >= 11 is 0. The molecule has 28 heavy (non-hydrogen) atoms. The van der Waals surface area contributed by atoms with Crippen LogP contribution in [-0.2, 0) is 22.6 Å². The summed E-state index contributed by atoms with van der Waals surface area (Å²) in [4.78, 5) is 16.2. The zero-order valence-corrected chi connectivity index (χ0v) is 15.9. The zero-order valence-electron chi connectivity index (χ0n) is 15.9. The van der Waals surface area contributed by atoms with Crippen molar-refractivity contribution in [3.63, 3.8) is 0 Å². The maximum atomic E-state index is 12.9. The molecule has 1 atom stereocenters. The summed E-state index contributed by atoms with van der Waals surface area (Å²) in [7, 11) is 0. The molecule has 2 aromatic heterocycles. The molecule has 0 radical (unpaired) electrons. The van der Waals surface area contributed by atoms with E-state index in [2.05, 4.69) is 31.9 Å². The van der Waals surface area contributed by atoms with Crippen molar-refractivity contribution >= 4 is 16.9 Å². The third kappa shape index (κ3) is 3.05. The van der Waals surface area contributed by atoms with Crippen LogP contribution in [0, 0.1) is 0 Å². The number of amides is 1. The van der Waals surface area contributed by atoms with Gasteiger partial charge in [-0.1, -0.05) is 12.1 Å². The second-order valence-corrected chi connectivity index (χ2v) is 7.57. The molecule has 2 aliphatic heterocycles. The van der Waals surface area contributed by atoms with Gasteiger partial charge in [-0.2, -0.15) is 15.0 Å². The molecule has 5 rings (SSSR count). The highest BCUT2D eigenvalue weighted by Gasteiger charge is 2.32. The highest BCUT2D eigenvalue weighted by Crippen LogP contribution is 2.30. The van der Waals surface area contributed by atoms with Crippen molar-refractivity contribution in [3.05, 3.63) is 35.9 Å². The van der Waals surface area contributed by atoms with Gasteiger partial charge in [0.15, 0.2) is 5.82 Å². The molecule has 9 nitrogen and oxygen atoms in total. The van der Waals surface area contributed by atoms with Crippen LogP contribution in [0.4, 0.5) is 0 Å². The van der Waals surface area contributed by atoms with Crippen molar-refractivity contribution in [3.8, 4) is 0 Å². The standard InChI is InChI=1S/C19H23N7O2/c1-13-10-24(18(27)12-25-22-15-4-2-3-5-16(15)23-25)11-17-20-21-19(26(13)17)14-6-8-28-9-7-14/h2-5,13-14H,6-12H2,1H3/t13-/m0/s1. The molecular formula is C19H23N7O2. The van der Waals surface area contributed by atoms with E-state index in [1.807, 2.05) is 29.2 Å². The number of benzene rings is 1. The van der Waals surface area contributed by atoms with Crippen LogP contribution in [0.25, 0.3) is 11.0 Å². The van der Waals surface area contributed by atoms with Crippen LogP contribution in [-0.4, -0.2) is 60.3 Å². The lowest BCUT2D eigenvalue weighted by Crippen LogP contribution is -2.42. The summed E-state index contributed by atoms with van der Waals surface area (Å²) in [5.74, 6) is 2.28. The zero-order chi connectivity index (χ0) is 19.1. The number of hydrogen-bond donors (Lipinski definition) is 0. The number of aromatic nitrogens is 6. The van der Waals surface area contributed by atoms with Gasteiger partial charge in [-0.15, -0.1) is 10.2 Å². The maximum absolute atomic E-state index is 12.9. The smallest absolute Gasteiger partial charge is 0.246 e. The Morgan fingerprint density at radius 3 is 2.57 bits per heavy atom. The van der Waals surface area contributed by atoms with Gasteiger partial charge in [0.2, 0.25) is 5.91 Å². The van der Waals surface area contributed by atoms with Crippen molar-refractivity contribution in [2.24, 2.45) is 0 Å². The Bertz CT molecular complexity index is 972. The van der Waals surface area contributed by atoms with Crippen LogP contribution >= 0.6 is 0 Å². The Kier molecular flexibility index (Phi) is 4.31. The van der Waals surface area contributed by atoms with Gasteiger partial charge in [0.25, 0.3) is 0 Å². The Hall–Kier alpha value is -2.81. The minimum absolute atomic E-state index is 0.00553. The maximum Gasteiger partial charge on any atom is 0.246 e. The number of carbonyl (C=O) groups excluding carboxylic acids is 1. The number of ether oxygens (including phenoxy) is 1. The molecule has 1 fully saturated rings. The first-order valence-corrected chi connectivity index (χ1v) is 9.78. The van der Waals surface area contributed by atoms with E-state index in [0.29, 0.717) is 19.0 Å². The topological polar surface area (TPSA) is 91.0 Å². The number of hydrogen-bond acceptors (Lipinski definition) is 6. The summed E-state index contributed by atoms with van der Waals surface area (Å²) in [6, 6.07) is 7.76. The minimum atomic E-state index is -0.00553. The van der Waals surface area contributed by atoms with E-state index in [0.717, 1.165) is 48.7 Å². The molecule has 0 unspecified atom stereocenters. The molecule has 2 aliphatic rings. The van der Waals surface area contributed by atoms with Crippen molar-refractivity contribution in [1.29, 1.82) is 0 Å². The summed E-state index contributed by atoms with van der Waals surface area (Å²) in [6.07, 6.45) is 1.96. The van der Waals surface area contributed by atoms with Gasteiger partial charge in [0.05, 0.1) is 12.6 Å². The fourth-order valence-electron chi connectivity index (χ4n) is 4.18. The molecule has 0 spiro atoms. The number of fused-ring (bicyclic) bond motifs is 2. The molecule has 9 heteroatoms. The molecule has 4 heterocycles. The Labute approximate surface area is 162 Å². The Balaban J connectivity index is 1.33. The van der Waals surface area contributed by atoms with Crippen LogP contribution in [0.2, 0.25) is 0 Å². The largest absolute Gasteiger partial charge is 0.381 e. The van der Waals surface area contributed by atoms with Crippen molar-refractivity contribution in [2.45, 2.75) is 44.8 Å². The Morgan fingerprint density at radius 2 is 1.86 bits per heavy atom. The highest BCUT2D eigenvalue weighted by molar-refractivity contribution is 5.77. The quantitative estimate of drug-likeness (QED) is 0.683. The van der Waals surface area contributed by atoms with Gasteiger partial charge < -0.3 is 14.2 Å². The molecule has 1 amide bonds. The van der Waals surface area contributed by atoms with Gasteiger partial charge in [0.1, 0.15) is 23.4 Å². The third-order valence-electron chi connectivity index (χ3n) is 5.59. The number of nitrogens with zero attached hydrogens (tertiary/aromatic N) is 7. The number of carbonyl (C=O) groups is 1. The molecular weight excluding hydrogens is 358 g/mol. The van der Waals surface area contributed by atoms with Gasteiger partial charge in [-0.05, 0) is 31.9 Å². The van der Waals surface area contributed by atoms with Crippen LogP contribution in [0.5, 0.6) is 0 Å². The van der Waals surface area contributed by atoms with E-state index in [1.165, 1.54) is 4.80 Å². The predicted octanol–water partition coefficient (Wildman–Crippen LogP) is 1.52. The first-order valence-electron chi connectivity index (χ1n) is 9.78. The lowest BCUT2D eigenvalue weighted by Gasteiger charge is -2.34. The molecule has 146 valence electrons. The summed E-state index contributed by atoms with van der Waals surface area (Å²) in [5.41, 5.74) is 1.59. The molecule has 0 aliphatic carbocycles. The van der Waals surface area contributed by atoms with Crippen molar-refractivity contribution < 1.29 is 9.53 Å². The van der Waals surface area contributed by atoms with E-state index >= 15 is 0 Å². The van der Waals surface area contributed by atoms with Gasteiger partial charge in [-0.3, -0.25) is 4.79 Å². The van der Waals surface area contributed by atoms with E-state index in [-0.39, 0.29) is 18.5 Å². The lowest BCUT2D eigenvalue weighted by atomic mass is 9.99. The average molecular weight is 381 g/mol. The lowest BCUT2D eigenvalue weighted by molar-refractivity contribution is -0.134. The van der Waals surface area contributed by atoms with E-state index in [9.17, 15) is 4.79 Å². The molecule has 0 N–H and O–H groups in total. The van der Waals surface area contributed by atoms with Crippen LogP contribution in [0.3, 0.4) is 0 Å². The first-order chi connectivity index (χ1) is 13.7. The van der Waals surface area contributed by atoms with Crippen molar-refractivity contribution in [2.75, 3.05) is 19.8 Å². The number of rotatable bonds is 3. The average Bonchev–Trinajstić information content (AvgIpc) is 3.32. The Morgan fingerprint density at radius 1 is 1.14 bits per heavy atom. The molecule has 3 aromatic rings. The monoisotopic (exact) mass is 381 g/mol. The van der Waals surface area contributed by atoms with Crippen LogP contribution < -0.4 is 0 Å². The molecule has 0 saturated carbocycles. The second-order valence-electron chi connectivity index (χ2n) is 7.57. The first kappa shape index (κ1) is 17.3. The predicted molar refractivity (Wildman–Crippen MR) is 100 cm³/mol. The summed E-state index contributed by atoms with van der Waals surface area (Å²) in [6.45, 7) is 4.91. The second kappa shape index (κ2) is 6.97. The van der Waals surface area contributed by atoms with E-state index < -0.39 is 0 Å². The third-order valence-corrected chi connectivity index (χ3v) is 5.59. The SMILES string of the molecule is C[C@H]1CN(C(=O)Cn2nc3ccccc3n2)Cc2nnc(C3CCOCC3)n21. The van der Waals surface area contributed by atoms with Crippen LogP contribution in [0.1, 0.15) is 43.4 Å². The van der Waals surface area contributed by atoms with Gasteiger partial charge >= 0.3 is 0 Å². The minimum Gasteiger partial charge on any atom is -0.381 e. The van der Waals surface area contributed by atoms with Crippen LogP contribution in [0.15, 0.2) is 24.3 Å².